The number of hydrogen-bond acceptors (Lipinski definition) is 5. The molecule has 1 heterocycles. The van der Waals surface area contributed by atoms with Crippen LogP contribution in [0.1, 0.15) is 34.2 Å². The molecule has 0 saturated heterocycles. The normalized spacial score (nSPS) is 10.7. The number of anilines is 1. The number of aryl methyl sites for hydroxylation is 2. The lowest BCUT2D eigenvalue weighted by Crippen LogP contribution is -2.25. The van der Waals surface area contributed by atoms with Gasteiger partial charge in [0.15, 0.2) is 11.0 Å². The third-order valence-corrected chi connectivity index (χ3v) is 5.92. The van der Waals surface area contributed by atoms with Gasteiger partial charge in [-0.1, -0.05) is 53.2 Å². The van der Waals surface area contributed by atoms with Gasteiger partial charge in [-0.25, -0.2) is 0 Å². The fourth-order valence-electron chi connectivity index (χ4n) is 3.04. The Balaban J connectivity index is 1.58. The largest absolute Gasteiger partial charge is 0.345 e. The maximum atomic E-state index is 12.4. The fourth-order valence-corrected chi connectivity index (χ4v) is 4.09. The van der Waals surface area contributed by atoms with Crippen LogP contribution in [0.5, 0.6) is 0 Å². The Labute approximate surface area is 190 Å². The molecule has 0 saturated carbocycles. The molecule has 1 aromatic heterocycles. The van der Waals surface area contributed by atoms with Crippen molar-refractivity contribution in [3.05, 3.63) is 70.0 Å². The lowest BCUT2D eigenvalue weighted by atomic mass is 10.1. The van der Waals surface area contributed by atoms with Gasteiger partial charge in [0.25, 0.3) is 5.91 Å². The van der Waals surface area contributed by atoms with Crippen molar-refractivity contribution >= 4 is 40.9 Å². The van der Waals surface area contributed by atoms with Crippen LogP contribution in [0.15, 0.2) is 47.6 Å². The van der Waals surface area contributed by atoms with Crippen molar-refractivity contribution in [2.75, 3.05) is 11.1 Å². The number of halogens is 1. The summed E-state index contributed by atoms with van der Waals surface area (Å²) in [6.07, 6.45) is 0. The van der Waals surface area contributed by atoms with E-state index in [1.807, 2.05) is 43.5 Å². The number of nitrogens with zero attached hydrogens (tertiary/aromatic N) is 3. The Kier molecular flexibility index (Phi) is 7.70. The Bertz CT molecular complexity index is 1100. The van der Waals surface area contributed by atoms with Crippen molar-refractivity contribution in [2.24, 2.45) is 0 Å². The third kappa shape index (κ3) is 5.86. The minimum Gasteiger partial charge on any atom is -0.345 e. The van der Waals surface area contributed by atoms with Gasteiger partial charge in [-0.3, -0.25) is 9.59 Å². The van der Waals surface area contributed by atoms with Crippen molar-refractivity contribution in [1.29, 1.82) is 0 Å². The predicted molar refractivity (Wildman–Crippen MR) is 124 cm³/mol. The van der Waals surface area contributed by atoms with Crippen molar-refractivity contribution in [2.45, 2.75) is 39.0 Å². The minimum absolute atomic E-state index is 0.115. The van der Waals surface area contributed by atoms with E-state index in [2.05, 4.69) is 20.8 Å². The molecular formula is C22H24ClN5O2S. The summed E-state index contributed by atoms with van der Waals surface area (Å²) >= 11 is 7.38. The first-order valence-corrected chi connectivity index (χ1v) is 11.2. The molecule has 7 nitrogen and oxygen atoms in total. The zero-order valence-electron chi connectivity index (χ0n) is 17.6. The van der Waals surface area contributed by atoms with E-state index in [0.717, 1.165) is 16.8 Å². The molecule has 2 amide bonds. The molecule has 0 fully saturated rings. The SMILES string of the molecule is CCn1c(CNC(=O)c2ccccc2Cl)nnc1SCC(=O)Nc1ccc(C)cc1C. The quantitative estimate of drug-likeness (QED) is 0.494. The Morgan fingerprint density at radius 1 is 1.13 bits per heavy atom. The summed E-state index contributed by atoms with van der Waals surface area (Å²) in [5.74, 6) is 0.423. The number of carbonyl (C=O) groups is 2. The van der Waals surface area contributed by atoms with Gasteiger partial charge in [0.2, 0.25) is 5.91 Å². The lowest BCUT2D eigenvalue weighted by Gasteiger charge is -2.10. The molecule has 0 aliphatic rings. The molecule has 3 aromatic rings. The maximum absolute atomic E-state index is 12.4. The molecule has 3 rings (SSSR count). The zero-order valence-corrected chi connectivity index (χ0v) is 19.2. The Hall–Kier alpha value is -2.84. The molecule has 31 heavy (non-hydrogen) atoms. The van der Waals surface area contributed by atoms with Crippen molar-refractivity contribution in [1.82, 2.24) is 20.1 Å². The van der Waals surface area contributed by atoms with Gasteiger partial charge >= 0.3 is 0 Å². The Morgan fingerprint density at radius 2 is 1.90 bits per heavy atom. The Morgan fingerprint density at radius 3 is 2.61 bits per heavy atom. The number of benzene rings is 2. The van der Waals surface area contributed by atoms with Gasteiger partial charge in [0.1, 0.15) is 0 Å². The molecule has 0 atom stereocenters. The van der Waals surface area contributed by atoms with Gasteiger partial charge < -0.3 is 15.2 Å². The van der Waals surface area contributed by atoms with E-state index in [4.69, 9.17) is 11.6 Å². The molecule has 0 unspecified atom stereocenters. The summed E-state index contributed by atoms with van der Waals surface area (Å²) in [7, 11) is 0. The highest BCUT2D eigenvalue weighted by molar-refractivity contribution is 7.99. The number of thioether (sulfide) groups is 1. The molecule has 9 heteroatoms. The first-order chi connectivity index (χ1) is 14.9. The summed E-state index contributed by atoms with van der Waals surface area (Å²) in [6, 6.07) is 12.8. The van der Waals surface area contributed by atoms with Crippen LogP contribution in [0.2, 0.25) is 5.02 Å². The van der Waals surface area contributed by atoms with Gasteiger partial charge in [-0.15, -0.1) is 10.2 Å². The highest BCUT2D eigenvalue weighted by Gasteiger charge is 2.15. The number of hydrogen-bond donors (Lipinski definition) is 2. The number of aromatic nitrogens is 3. The van der Waals surface area contributed by atoms with Crippen molar-refractivity contribution in [3.63, 3.8) is 0 Å². The molecular weight excluding hydrogens is 434 g/mol. The van der Waals surface area contributed by atoms with Crippen LogP contribution in [0.4, 0.5) is 5.69 Å². The van der Waals surface area contributed by atoms with E-state index >= 15 is 0 Å². The molecule has 2 N–H and O–H groups in total. The average Bonchev–Trinajstić information content (AvgIpc) is 3.14. The van der Waals surface area contributed by atoms with Crippen LogP contribution in [0.3, 0.4) is 0 Å². The molecule has 0 bridgehead atoms. The molecule has 0 aliphatic carbocycles. The smallest absolute Gasteiger partial charge is 0.253 e. The van der Waals surface area contributed by atoms with Crippen molar-refractivity contribution < 1.29 is 9.59 Å². The van der Waals surface area contributed by atoms with E-state index in [-0.39, 0.29) is 24.1 Å². The maximum Gasteiger partial charge on any atom is 0.253 e. The van der Waals surface area contributed by atoms with E-state index in [1.165, 1.54) is 11.8 Å². The molecule has 0 spiro atoms. The van der Waals surface area contributed by atoms with Crippen LogP contribution in [0.25, 0.3) is 0 Å². The number of nitrogens with one attached hydrogen (secondary N) is 2. The summed E-state index contributed by atoms with van der Waals surface area (Å²) in [6.45, 7) is 6.77. The minimum atomic E-state index is -0.279. The fraction of sp³-hybridized carbons (Fsp3) is 0.273. The predicted octanol–water partition coefficient (Wildman–Crippen LogP) is 4.23. The van der Waals surface area contributed by atoms with Gasteiger partial charge in [0.05, 0.1) is 22.9 Å². The average molecular weight is 458 g/mol. The van der Waals surface area contributed by atoms with Gasteiger partial charge in [-0.2, -0.15) is 0 Å². The topological polar surface area (TPSA) is 88.9 Å². The van der Waals surface area contributed by atoms with E-state index < -0.39 is 0 Å². The van der Waals surface area contributed by atoms with E-state index in [9.17, 15) is 9.59 Å². The standard InChI is InChI=1S/C22H24ClN5O2S/c1-4-28-19(12-24-21(30)16-7-5-6-8-17(16)23)26-27-22(28)31-13-20(29)25-18-10-9-14(2)11-15(18)3/h5-11H,4,12-13H2,1-3H3,(H,24,30)(H,25,29). The van der Waals surface area contributed by atoms with Crippen LogP contribution in [-0.4, -0.2) is 32.3 Å². The monoisotopic (exact) mass is 457 g/mol. The second kappa shape index (κ2) is 10.5. The second-order valence-corrected chi connectivity index (χ2v) is 8.31. The first-order valence-electron chi connectivity index (χ1n) is 9.83. The first kappa shape index (κ1) is 22.8. The summed E-state index contributed by atoms with van der Waals surface area (Å²) in [5.41, 5.74) is 3.38. The number of carbonyl (C=O) groups excluding carboxylic acids is 2. The van der Waals surface area contributed by atoms with E-state index in [0.29, 0.717) is 28.1 Å². The summed E-state index contributed by atoms with van der Waals surface area (Å²) in [4.78, 5) is 24.7. The van der Waals surface area contributed by atoms with Gasteiger partial charge in [0, 0.05) is 12.2 Å². The van der Waals surface area contributed by atoms with Gasteiger partial charge in [-0.05, 0) is 44.5 Å². The van der Waals surface area contributed by atoms with Crippen LogP contribution >= 0.6 is 23.4 Å². The molecule has 0 aliphatic heterocycles. The number of amides is 2. The second-order valence-electron chi connectivity index (χ2n) is 6.96. The highest BCUT2D eigenvalue weighted by atomic mass is 35.5. The summed E-state index contributed by atoms with van der Waals surface area (Å²) in [5, 5.41) is 15.1. The van der Waals surface area contributed by atoms with Crippen LogP contribution in [0, 0.1) is 13.8 Å². The summed E-state index contributed by atoms with van der Waals surface area (Å²) < 4.78 is 1.88. The van der Waals surface area contributed by atoms with Crippen molar-refractivity contribution in [3.8, 4) is 0 Å². The van der Waals surface area contributed by atoms with Crippen LogP contribution < -0.4 is 10.6 Å². The number of rotatable bonds is 8. The van der Waals surface area contributed by atoms with E-state index in [1.54, 1.807) is 24.3 Å². The molecule has 0 radical (unpaired) electrons. The molecule has 2 aromatic carbocycles. The lowest BCUT2D eigenvalue weighted by molar-refractivity contribution is -0.113. The third-order valence-electron chi connectivity index (χ3n) is 4.62. The van der Waals surface area contributed by atoms with Crippen LogP contribution in [-0.2, 0) is 17.9 Å². The highest BCUT2D eigenvalue weighted by Crippen LogP contribution is 2.20. The zero-order chi connectivity index (χ0) is 22.4. The molecule has 162 valence electrons.